The van der Waals surface area contributed by atoms with Crippen molar-refractivity contribution in [1.82, 2.24) is 20.2 Å². The molecule has 0 aliphatic carbocycles. The van der Waals surface area contributed by atoms with E-state index in [2.05, 4.69) is 24.9 Å². The van der Waals surface area contributed by atoms with Crippen molar-refractivity contribution >= 4 is 50.6 Å². The predicted molar refractivity (Wildman–Crippen MR) is 110 cm³/mol. The average molecular weight is 427 g/mol. The van der Waals surface area contributed by atoms with Crippen LogP contribution in [-0.2, 0) is 10.0 Å². The second kappa shape index (κ2) is 8.24. The first-order chi connectivity index (χ1) is 12.9. The van der Waals surface area contributed by atoms with Crippen LogP contribution in [0.2, 0.25) is 5.02 Å². The third-order valence-electron chi connectivity index (χ3n) is 4.11. The van der Waals surface area contributed by atoms with Crippen LogP contribution in [0.3, 0.4) is 0 Å². The third-order valence-corrected chi connectivity index (χ3v) is 6.18. The number of halogens is 1. The summed E-state index contributed by atoms with van der Waals surface area (Å²) in [6, 6.07) is 5.94. The van der Waals surface area contributed by atoms with Gasteiger partial charge in [-0.2, -0.15) is 0 Å². The minimum absolute atomic E-state index is 0.104. The third kappa shape index (κ3) is 4.57. The molecule has 1 aromatic carbocycles. The molecule has 8 nitrogen and oxygen atoms in total. The van der Waals surface area contributed by atoms with Crippen molar-refractivity contribution in [3.05, 3.63) is 41.7 Å². The Labute approximate surface area is 168 Å². The topological polar surface area (TPSA) is 90.5 Å². The first-order valence-electron chi connectivity index (χ1n) is 8.22. The summed E-state index contributed by atoms with van der Waals surface area (Å²) in [4.78, 5) is 12.7. The molecule has 1 aliphatic heterocycles. The van der Waals surface area contributed by atoms with E-state index in [1.807, 2.05) is 4.90 Å². The lowest BCUT2D eigenvalue weighted by molar-refractivity contribution is 0.381. The maximum Gasteiger partial charge on any atom is 0.263 e. The summed E-state index contributed by atoms with van der Waals surface area (Å²) in [5.41, 5.74) is 0. The van der Waals surface area contributed by atoms with E-state index in [-0.39, 0.29) is 10.7 Å². The SMILES string of the molecule is CNC(=S)N1CCN(c2nccnc2NS(=O)(=O)c2ccc(Cl)cc2)CC1. The normalized spacial score (nSPS) is 14.7. The first kappa shape index (κ1) is 19.6. The molecule has 1 fully saturated rings. The number of piperazine rings is 1. The van der Waals surface area contributed by atoms with Crippen LogP contribution >= 0.6 is 23.8 Å². The Balaban J connectivity index is 1.79. The highest BCUT2D eigenvalue weighted by molar-refractivity contribution is 7.92. The highest BCUT2D eigenvalue weighted by atomic mass is 35.5. The van der Waals surface area contributed by atoms with Gasteiger partial charge in [-0.1, -0.05) is 11.6 Å². The van der Waals surface area contributed by atoms with Crippen LogP contribution in [0.1, 0.15) is 0 Å². The maximum atomic E-state index is 12.7. The van der Waals surface area contributed by atoms with Crippen LogP contribution in [0.25, 0.3) is 0 Å². The average Bonchev–Trinajstić information content (AvgIpc) is 2.68. The molecule has 27 heavy (non-hydrogen) atoms. The van der Waals surface area contributed by atoms with Gasteiger partial charge >= 0.3 is 0 Å². The molecule has 3 rings (SSSR count). The van der Waals surface area contributed by atoms with E-state index in [1.165, 1.54) is 30.5 Å². The number of sulfonamides is 1. The van der Waals surface area contributed by atoms with Crippen LogP contribution < -0.4 is 14.9 Å². The van der Waals surface area contributed by atoms with Crippen molar-refractivity contribution in [1.29, 1.82) is 0 Å². The molecule has 144 valence electrons. The Morgan fingerprint density at radius 1 is 1.11 bits per heavy atom. The number of aromatic nitrogens is 2. The molecule has 11 heteroatoms. The quantitative estimate of drug-likeness (QED) is 0.712. The number of rotatable bonds is 4. The van der Waals surface area contributed by atoms with Gasteiger partial charge in [-0.3, -0.25) is 4.72 Å². The number of nitrogens with zero attached hydrogens (tertiary/aromatic N) is 4. The van der Waals surface area contributed by atoms with Gasteiger partial charge in [0.05, 0.1) is 4.90 Å². The molecule has 1 aromatic heterocycles. The Bertz CT molecular complexity index is 915. The smallest absolute Gasteiger partial charge is 0.263 e. The van der Waals surface area contributed by atoms with Gasteiger partial charge in [-0.25, -0.2) is 18.4 Å². The fourth-order valence-electron chi connectivity index (χ4n) is 2.71. The second-order valence-corrected chi connectivity index (χ2v) is 8.32. The van der Waals surface area contributed by atoms with Gasteiger partial charge in [0.15, 0.2) is 16.7 Å². The Morgan fingerprint density at radius 2 is 1.74 bits per heavy atom. The van der Waals surface area contributed by atoms with Crippen molar-refractivity contribution in [3.8, 4) is 0 Å². The fourth-order valence-corrected chi connectivity index (χ4v) is 4.03. The maximum absolute atomic E-state index is 12.7. The molecule has 2 aromatic rings. The highest BCUT2D eigenvalue weighted by Crippen LogP contribution is 2.25. The number of benzene rings is 1. The van der Waals surface area contributed by atoms with E-state index in [9.17, 15) is 8.42 Å². The molecule has 0 saturated carbocycles. The van der Waals surface area contributed by atoms with E-state index in [4.69, 9.17) is 23.8 Å². The van der Waals surface area contributed by atoms with Crippen molar-refractivity contribution in [2.75, 3.05) is 42.8 Å². The minimum atomic E-state index is -3.80. The highest BCUT2D eigenvalue weighted by Gasteiger charge is 2.24. The van der Waals surface area contributed by atoms with Crippen molar-refractivity contribution in [2.24, 2.45) is 0 Å². The zero-order valence-electron chi connectivity index (χ0n) is 14.6. The molecule has 0 unspecified atom stereocenters. The predicted octanol–water partition coefficient (Wildman–Crippen LogP) is 1.56. The molecule has 0 bridgehead atoms. The molecule has 0 radical (unpaired) electrons. The van der Waals surface area contributed by atoms with Gasteiger partial charge in [-0.15, -0.1) is 0 Å². The standard InChI is InChI=1S/C16H19ClN6O2S2/c1-18-16(26)23-10-8-22(9-11-23)15-14(19-6-7-20-15)21-27(24,25)13-4-2-12(17)3-5-13/h2-7H,8-11H2,1H3,(H,18,26)(H,19,21). The van der Waals surface area contributed by atoms with E-state index in [0.29, 0.717) is 42.1 Å². The number of anilines is 2. The minimum Gasteiger partial charge on any atom is -0.366 e. The van der Waals surface area contributed by atoms with E-state index in [0.717, 1.165) is 0 Å². The molecular weight excluding hydrogens is 408 g/mol. The van der Waals surface area contributed by atoms with Crippen LogP contribution in [0.15, 0.2) is 41.6 Å². The Hall–Kier alpha value is -2.17. The van der Waals surface area contributed by atoms with Gasteiger partial charge < -0.3 is 15.1 Å². The van der Waals surface area contributed by atoms with E-state index in [1.54, 1.807) is 13.2 Å². The summed E-state index contributed by atoms with van der Waals surface area (Å²) in [6.45, 7) is 2.71. The molecule has 0 atom stereocenters. The number of nitrogens with one attached hydrogen (secondary N) is 2. The van der Waals surface area contributed by atoms with Crippen molar-refractivity contribution in [3.63, 3.8) is 0 Å². The zero-order chi connectivity index (χ0) is 19.4. The number of hydrogen-bond acceptors (Lipinski definition) is 6. The second-order valence-electron chi connectivity index (χ2n) is 5.82. The monoisotopic (exact) mass is 426 g/mol. The fraction of sp³-hybridized carbons (Fsp3) is 0.312. The molecule has 1 saturated heterocycles. The number of thiocarbonyl (C=S) groups is 1. The van der Waals surface area contributed by atoms with Crippen LogP contribution in [0.4, 0.5) is 11.6 Å². The van der Waals surface area contributed by atoms with Crippen LogP contribution in [-0.4, -0.2) is 61.6 Å². The Kier molecular flexibility index (Phi) is 5.98. The summed E-state index contributed by atoms with van der Waals surface area (Å²) in [5.74, 6) is 0.683. The number of hydrogen-bond donors (Lipinski definition) is 2. The van der Waals surface area contributed by atoms with Crippen LogP contribution in [0.5, 0.6) is 0 Å². The van der Waals surface area contributed by atoms with Crippen LogP contribution in [0, 0.1) is 0 Å². The molecule has 1 aliphatic rings. The summed E-state index contributed by atoms with van der Waals surface area (Å²) >= 11 is 11.1. The summed E-state index contributed by atoms with van der Waals surface area (Å²) < 4.78 is 27.8. The van der Waals surface area contributed by atoms with Gasteiger partial charge in [0.25, 0.3) is 10.0 Å². The van der Waals surface area contributed by atoms with Crippen molar-refractivity contribution < 1.29 is 8.42 Å². The summed E-state index contributed by atoms with van der Waals surface area (Å²) in [7, 11) is -2.01. The lowest BCUT2D eigenvalue weighted by atomic mass is 10.3. The summed E-state index contributed by atoms with van der Waals surface area (Å²) in [5, 5.41) is 4.12. The van der Waals surface area contributed by atoms with Gasteiger partial charge in [-0.05, 0) is 36.5 Å². The largest absolute Gasteiger partial charge is 0.366 e. The van der Waals surface area contributed by atoms with E-state index < -0.39 is 10.0 Å². The van der Waals surface area contributed by atoms with Gasteiger partial charge in [0, 0.05) is 50.6 Å². The van der Waals surface area contributed by atoms with E-state index >= 15 is 0 Å². The Morgan fingerprint density at radius 3 is 2.37 bits per heavy atom. The van der Waals surface area contributed by atoms with Crippen molar-refractivity contribution in [2.45, 2.75) is 4.90 Å². The molecule has 2 N–H and O–H groups in total. The lowest BCUT2D eigenvalue weighted by Crippen LogP contribution is -2.51. The molecule has 0 amide bonds. The lowest BCUT2D eigenvalue weighted by Gasteiger charge is -2.36. The first-order valence-corrected chi connectivity index (χ1v) is 10.5. The zero-order valence-corrected chi connectivity index (χ0v) is 17.0. The molecular formula is C16H19ClN6O2S2. The van der Waals surface area contributed by atoms with Gasteiger partial charge in [0.2, 0.25) is 0 Å². The van der Waals surface area contributed by atoms with Gasteiger partial charge in [0.1, 0.15) is 0 Å². The molecule has 2 heterocycles. The summed E-state index contributed by atoms with van der Waals surface area (Å²) in [6.07, 6.45) is 3.00. The molecule has 0 spiro atoms.